The molecule has 2 aromatic carbocycles. The molecule has 0 saturated carbocycles. The van der Waals surface area contributed by atoms with E-state index in [1.165, 1.54) is 11.1 Å². The lowest BCUT2D eigenvalue weighted by Gasteiger charge is -2.19. The number of halogens is 1. The highest BCUT2D eigenvalue weighted by molar-refractivity contribution is 14.0. The molecule has 0 aromatic heterocycles. The molecule has 26 heavy (non-hydrogen) atoms. The first-order chi connectivity index (χ1) is 12.1. The number of methoxy groups -OCH3 is 1. The first-order valence-corrected chi connectivity index (χ1v) is 8.42. The van der Waals surface area contributed by atoms with E-state index in [4.69, 9.17) is 9.47 Å². The van der Waals surface area contributed by atoms with Crippen molar-refractivity contribution < 1.29 is 9.47 Å². The summed E-state index contributed by atoms with van der Waals surface area (Å²) >= 11 is 0. The largest absolute Gasteiger partial charge is 0.493 e. The lowest BCUT2D eigenvalue weighted by molar-refractivity contribution is 0.213. The average molecular weight is 469 g/mol. The standard InChI is InChI=1S/C20H27N3O2.HI/c1-15-9-5-6-10-17(15)14-23-20(21-3)22-13-16(2)25-19-12-8-7-11-18(19)24-4;/h5-12,16H,13-14H2,1-4H3,(H2,21,22,23);1H. The van der Waals surface area contributed by atoms with Gasteiger partial charge < -0.3 is 20.1 Å². The van der Waals surface area contributed by atoms with Gasteiger partial charge in [-0.05, 0) is 37.1 Å². The molecular weight excluding hydrogens is 441 g/mol. The van der Waals surface area contributed by atoms with Crippen LogP contribution in [-0.2, 0) is 6.54 Å². The van der Waals surface area contributed by atoms with Crippen LogP contribution in [0, 0.1) is 6.92 Å². The van der Waals surface area contributed by atoms with Crippen LogP contribution in [0.1, 0.15) is 18.1 Å². The van der Waals surface area contributed by atoms with Crippen molar-refractivity contribution in [1.29, 1.82) is 0 Å². The zero-order valence-electron chi connectivity index (χ0n) is 15.8. The van der Waals surface area contributed by atoms with Crippen LogP contribution < -0.4 is 20.1 Å². The van der Waals surface area contributed by atoms with Gasteiger partial charge in [0.05, 0.1) is 13.7 Å². The molecule has 1 unspecified atom stereocenters. The van der Waals surface area contributed by atoms with E-state index < -0.39 is 0 Å². The monoisotopic (exact) mass is 469 g/mol. The highest BCUT2D eigenvalue weighted by Gasteiger charge is 2.09. The molecule has 0 spiro atoms. The molecular formula is C20H28IN3O2. The molecule has 0 radical (unpaired) electrons. The average Bonchev–Trinajstić information content (AvgIpc) is 2.63. The van der Waals surface area contributed by atoms with Gasteiger partial charge in [-0.3, -0.25) is 4.99 Å². The third-order valence-corrected chi connectivity index (χ3v) is 3.89. The van der Waals surface area contributed by atoms with Gasteiger partial charge in [0.1, 0.15) is 6.10 Å². The Morgan fingerprint density at radius 3 is 2.35 bits per heavy atom. The Morgan fingerprint density at radius 2 is 1.69 bits per heavy atom. The van der Waals surface area contributed by atoms with Crippen molar-refractivity contribution in [2.45, 2.75) is 26.5 Å². The van der Waals surface area contributed by atoms with E-state index in [0.29, 0.717) is 6.54 Å². The molecule has 0 aliphatic carbocycles. The zero-order valence-corrected chi connectivity index (χ0v) is 18.1. The number of hydrogen-bond acceptors (Lipinski definition) is 3. The summed E-state index contributed by atoms with van der Waals surface area (Å²) in [5.41, 5.74) is 2.52. The van der Waals surface area contributed by atoms with Gasteiger partial charge >= 0.3 is 0 Å². The Morgan fingerprint density at radius 1 is 1.04 bits per heavy atom. The van der Waals surface area contributed by atoms with E-state index in [1.54, 1.807) is 14.2 Å². The molecule has 1 atom stereocenters. The van der Waals surface area contributed by atoms with Crippen LogP contribution in [0.4, 0.5) is 0 Å². The fourth-order valence-electron chi connectivity index (χ4n) is 2.42. The van der Waals surface area contributed by atoms with Crippen LogP contribution in [-0.4, -0.2) is 32.8 Å². The number of aryl methyl sites for hydroxylation is 1. The Labute approximate surface area is 173 Å². The van der Waals surface area contributed by atoms with Crippen molar-refractivity contribution in [2.24, 2.45) is 4.99 Å². The summed E-state index contributed by atoms with van der Waals surface area (Å²) in [6.07, 6.45) is -0.0340. The molecule has 0 aliphatic rings. The molecule has 142 valence electrons. The van der Waals surface area contributed by atoms with E-state index in [2.05, 4.69) is 34.7 Å². The predicted molar refractivity (Wildman–Crippen MR) is 118 cm³/mol. The summed E-state index contributed by atoms with van der Waals surface area (Å²) in [5, 5.41) is 6.62. The lowest BCUT2D eigenvalue weighted by Crippen LogP contribution is -2.41. The SMILES string of the molecule is CN=C(NCc1ccccc1C)NCC(C)Oc1ccccc1OC.I. The van der Waals surface area contributed by atoms with Crippen molar-refractivity contribution >= 4 is 29.9 Å². The molecule has 0 heterocycles. The summed E-state index contributed by atoms with van der Waals surface area (Å²) in [6, 6.07) is 16.0. The molecule has 2 rings (SSSR count). The molecule has 6 heteroatoms. The maximum atomic E-state index is 5.94. The van der Waals surface area contributed by atoms with Crippen molar-refractivity contribution in [2.75, 3.05) is 20.7 Å². The number of guanidine groups is 1. The van der Waals surface area contributed by atoms with Gasteiger partial charge in [-0.15, -0.1) is 24.0 Å². The Bertz CT molecular complexity index is 707. The number of aliphatic imine (C=N–C) groups is 1. The van der Waals surface area contributed by atoms with Crippen LogP contribution in [0.2, 0.25) is 0 Å². The fraction of sp³-hybridized carbons (Fsp3) is 0.350. The van der Waals surface area contributed by atoms with E-state index in [9.17, 15) is 0 Å². The Hall–Kier alpha value is -1.96. The number of rotatable bonds is 7. The van der Waals surface area contributed by atoms with Gasteiger partial charge in [-0.25, -0.2) is 0 Å². The van der Waals surface area contributed by atoms with Crippen LogP contribution in [0.15, 0.2) is 53.5 Å². The van der Waals surface area contributed by atoms with Gasteiger partial charge in [0.25, 0.3) is 0 Å². The van der Waals surface area contributed by atoms with Gasteiger partial charge in [-0.2, -0.15) is 0 Å². The highest BCUT2D eigenvalue weighted by atomic mass is 127. The quantitative estimate of drug-likeness (QED) is 0.369. The molecule has 0 saturated heterocycles. The second kappa shape index (κ2) is 11.6. The van der Waals surface area contributed by atoms with Gasteiger partial charge in [-0.1, -0.05) is 36.4 Å². The van der Waals surface area contributed by atoms with E-state index >= 15 is 0 Å². The number of nitrogens with one attached hydrogen (secondary N) is 2. The molecule has 2 N–H and O–H groups in total. The summed E-state index contributed by atoms with van der Waals surface area (Å²) in [7, 11) is 3.40. The highest BCUT2D eigenvalue weighted by Crippen LogP contribution is 2.26. The van der Waals surface area contributed by atoms with E-state index in [0.717, 1.165) is 24.0 Å². The summed E-state index contributed by atoms with van der Waals surface area (Å²) < 4.78 is 11.3. The van der Waals surface area contributed by atoms with Crippen LogP contribution in [0.5, 0.6) is 11.5 Å². The minimum absolute atomic E-state index is 0. The Kier molecular flexibility index (Phi) is 9.87. The number of ether oxygens (including phenoxy) is 2. The molecule has 5 nitrogen and oxygen atoms in total. The van der Waals surface area contributed by atoms with Crippen molar-refractivity contribution in [3.63, 3.8) is 0 Å². The van der Waals surface area contributed by atoms with Crippen LogP contribution in [0.25, 0.3) is 0 Å². The second-order valence-electron chi connectivity index (χ2n) is 5.81. The first-order valence-electron chi connectivity index (χ1n) is 8.42. The molecule has 0 bridgehead atoms. The number of nitrogens with zero attached hydrogens (tertiary/aromatic N) is 1. The normalized spacial score (nSPS) is 11.9. The molecule has 0 aliphatic heterocycles. The second-order valence-corrected chi connectivity index (χ2v) is 5.81. The third kappa shape index (κ3) is 6.74. The van der Waals surface area contributed by atoms with Crippen LogP contribution >= 0.6 is 24.0 Å². The minimum atomic E-state index is -0.0340. The van der Waals surface area contributed by atoms with Crippen molar-refractivity contribution in [3.05, 3.63) is 59.7 Å². The topological polar surface area (TPSA) is 54.9 Å². The van der Waals surface area contributed by atoms with Gasteiger partial charge in [0.2, 0.25) is 0 Å². The molecule has 0 amide bonds. The van der Waals surface area contributed by atoms with E-state index in [1.807, 2.05) is 43.3 Å². The fourth-order valence-corrected chi connectivity index (χ4v) is 2.42. The zero-order chi connectivity index (χ0) is 18.1. The predicted octanol–water partition coefficient (Wildman–Crippen LogP) is 3.75. The van der Waals surface area contributed by atoms with Gasteiger partial charge in [0, 0.05) is 13.6 Å². The summed E-state index contributed by atoms with van der Waals surface area (Å²) in [5.74, 6) is 2.22. The maximum absolute atomic E-state index is 5.94. The molecule has 2 aromatic rings. The third-order valence-electron chi connectivity index (χ3n) is 3.89. The molecule has 0 fully saturated rings. The number of para-hydroxylation sites is 2. The lowest BCUT2D eigenvalue weighted by atomic mass is 10.1. The smallest absolute Gasteiger partial charge is 0.191 e. The summed E-state index contributed by atoms with van der Waals surface area (Å²) in [4.78, 5) is 4.26. The summed E-state index contributed by atoms with van der Waals surface area (Å²) in [6.45, 7) is 5.48. The minimum Gasteiger partial charge on any atom is -0.493 e. The number of benzene rings is 2. The van der Waals surface area contributed by atoms with Crippen molar-refractivity contribution in [3.8, 4) is 11.5 Å². The van der Waals surface area contributed by atoms with E-state index in [-0.39, 0.29) is 30.1 Å². The Balaban J connectivity index is 0.00000338. The maximum Gasteiger partial charge on any atom is 0.191 e. The van der Waals surface area contributed by atoms with Gasteiger partial charge in [0.15, 0.2) is 17.5 Å². The van der Waals surface area contributed by atoms with Crippen LogP contribution in [0.3, 0.4) is 0 Å². The van der Waals surface area contributed by atoms with Crippen molar-refractivity contribution in [1.82, 2.24) is 10.6 Å². The number of hydrogen-bond donors (Lipinski definition) is 2. The first kappa shape index (κ1) is 22.1.